The molecule has 2 aliphatic rings. The molecule has 0 amide bonds. The van der Waals surface area contributed by atoms with Crippen molar-refractivity contribution in [3.05, 3.63) is 194 Å². The first kappa shape index (κ1) is 32.5. The van der Waals surface area contributed by atoms with Crippen LogP contribution in [-0.4, -0.2) is 23.9 Å². The van der Waals surface area contributed by atoms with Crippen LogP contribution in [0.3, 0.4) is 0 Å². The van der Waals surface area contributed by atoms with Crippen LogP contribution in [0.2, 0.25) is 0 Å². The van der Waals surface area contributed by atoms with E-state index >= 15 is 0 Å². The highest BCUT2D eigenvalue weighted by Crippen LogP contribution is 2.53. The molecule has 0 radical (unpaired) electrons. The largest absolute Gasteiger partial charge is 0.442 e. The lowest BCUT2D eigenvalue weighted by Crippen LogP contribution is -2.55. The summed E-state index contributed by atoms with van der Waals surface area (Å²) in [6.45, 7) is -0.679. The van der Waals surface area contributed by atoms with Crippen molar-refractivity contribution < 1.29 is 8.83 Å². The van der Waals surface area contributed by atoms with E-state index in [1.54, 1.807) is 0 Å². The van der Waals surface area contributed by atoms with Gasteiger partial charge in [0.1, 0.15) is 22.5 Å². The molecule has 8 nitrogen and oxygen atoms in total. The Labute approximate surface area is 335 Å². The molecule has 0 unspecified atom stereocenters. The van der Waals surface area contributed by atoms with E-state index in [0.717, 1.165) is 90.1 Å². The van der Waals surface area contributed by atoms with Gasteiger partial charge in [0.15, 0.2) is 0 Å². The van der Waals surface area contributed by atoms with Gasteiger partial charge in [-0.3, -0.25) is 9.97 Å². The molecular weight excluding hydrogens is 714 g/mol. The van der Waals surface area contributed by atoms with Gasteiger partial charge in [0.25, 0.3) is 0 Å². The average molecular weight is 746 g/mol. The van der Waals surface area contributed by atoms with Crippen LogP contribution < -0.4 is 30.4 Å². The highest BCUT2D eigenvalue weighted by atomic mass is 16.4. The van der Waals surface area contributed by atoms with Crippen molar-refractivity contribution in [1.29, 1.82) is 0 Å². The monoisotopic (exact) mass is 746 g/mol. The maximum absolute atomic E-state index is 6.71. The van der Waals surface area contributed by atoms with E-state index in [4.69, 9.17) is 18.8 Å². The standard InChI is InChI=1S/C48H32B2N6O2/c1-5-17-33(18-6-1)53-45-37-25-13-15-27-41(37)57-47(45)55(35-21-9-3-10-22-35)49(53)43-31-29-40-39(51-43)30-32-44(52-40)50-54(34-19-7-2-8-20-34)46-38-26-14-16-28-42(38)58-48(46)56(50)36-23-11-4-12-24-36/h1-32H. The Hall–Kier alpha value is -7.71. The molecule has 0 saturated heterocycles. The molecule has 0 atom stereocenters. The van der Waals surface area contributed by atoms with Crippen molar-refractivity contribution in [3.63, 3.8) is 0 Å². The van der Waals surface area contributed by atoms with E-state index in [1.165, 1.54) is 0 Å². The molecule has 0 aliphatic carbocycles. The van der Waals surface area contributed by atoms with Gasteiger partial charge in [-0.05, 0) is 97.1 Å². The van der Waals surface area contributed by atoms with Gasteiger partial charge in [-0.15, -0.1) is 0 Å². The molecule has 6 heterocycles. The summed E-state index contributed by atoms with van der Waals surface area (Å²) < 4.78 is 13.4. The Morgan fingerprint density at radius 2 is 0.655 bits per heavy atom. The number of fused-ring (bicyclic) bond motifs is 7. The lowest BCUT2D eigenvalue weighted by molar-refractivity contribution is 0.627. The number of furan rings is 2. The Kier molecular flexibility index (Phi) is 7.25. The summed E-state index contributed by atoms with van der Waals surface area (Å²) in [7, 11) is 0. The van der Waals surface area contributed by atoms with Crippen LogP contribution in [0.25, 0.3) is 33.0 Å². The fraction of sp³-hybridized carbons (Fsp3) is 0. The third-order valence-corrected chi connectivity index (χ3v) is 11.3. The molecule has 6 aromatic carbocycles. The van der Waals surface area contributed by atoms with Gasteiger partial charge >= 0.3 is 14.0 Å². The Morgan fingerprint density at radius 3 is 1.03 bits per heavy atom. The zero-order chi connectivity index (χ0) is 38.2. The van der Waals surface area contributed by atoms with Crippen molar-refractivity contribution in [2.75, 3.05) is 19.2 Å². The minimum Gasteiger partial charge on any atom is -0.439 e. The smallest absolute Gasteiger partial charge is 0.439 e. The zero-order valence-corrected chi connectivity index (χ0v) is 31.1. The SMILES string of the molecule is c1ccc(N2B(c3ccc4nc(B5N(c6ccccc6)c6oc7ccccc7c6N5c5ccccc5)ccc4n3)N(c3ccccc3)c3c2oc2ccccc32)cc1. The van der Waals surface area contributed by atoms with E-state index in [0.29, 0.717) is 0 Å². The number of aromatic nitrogens is 2. The molecule has 272 valence electrons. The fourth-order valence-corrected chi connectivity index (χ4v) is 8.80. The normalized spacial score (nSPS) is 13.7. The van der Waals surface area contributed by atoms with Gasteiger partial charge < -0.3 is 28.1 Å². The van der Waals surface area contributed by atoms with Gasteiger partial charge in [0, 0.05) is 33.5 Å². The molecule has 58 heavy (non-hydrogen) atoms. The second kappa shape index (κ2) is 12.9. The molecule has 0 saturated carbocycles. The quantitative estimate of drug-likeness (QED) is 0.156. The van der Waals surface area contributed by atoms with Crippen LogP contribution in [0.4, 0.5) is 45.9 Å². The summed E-state index contributed by atoms with van der Waals surface area (Å²) >= 11 is 0. The van der Waals surface area contributed by atoms with E-state index in [2.05, 4.69) is 165 Å². The van der Waals surface area contributed by atoms with Crippen molar-refractivity contribution >= 4 is 104 Å². The molecule has 0 bridgehead atoms. The number of nitrogens with zero attached hydrogens (tertiary/aromatic N) is 6. The van der Waals surface area contributed by atoms with Crippen molar-refractivity contribution in [3.8, 4) is 0 Å². The number of hydrogen-bond acceptors (Lipinski definition) is 8. The zero-order valence-electron chi connectivity index (χ0n) is 31.1. The van der Waals surface area contributed by atoms with E-state index in [1.807, 2.05) is 48.5 Å². The van der Waals surface area contributed by atoms with Crippen molar-refractivity contribution in [2.45, 2.75) is 0 Å². The van der Waals surface area contributed by atoms with Crippen molar-refractivity contribution in [2.24, 2.45) is 0 Å². The first-order valence-electron chi connectivity index (χ1n) is 19.5. The lowest BCUT2D eigenvalue weighted by atomic mass is 9.67. The number of pyridine rings is 2. The first-order chi connectivity index (χ1) is 28.8. The van der Waals surface area contributed by atoms with Crippen LogP contribution in [-0.2, 0) is 0 Å². The highest BCUT2D eigenvalue weighted by molar-refractivity contribution is 6.85. The fourth-order valence-electron chi connectivity index (χ4n) is 8.80. The van der Waals surface area contributed by atoms with Crippen molar-refractivity contribution in [1.82, 2.24) is 9.97 Å². The lowest BCUT2D eigenvalue weighted by Gasteiger charge is -2.30. The molecule has 4 aromatic heterocycles. The van der Waals surface area contributed by atoms with Gasteiger partial charge in [0.05, 0.1) is 22.2 Å². The summed E-state index contributed by atoms with van der Waals surface area (Å²) in [6, 6.07) is 66.7. The second-order valence-electron chi connectivity index (χ2n) is 14.6. The first-order valence-corrected chi connectivity index (χ1v) is 19.5. The average Bonchev–Trinajstić information content (AvgIpc) is 4.04. The Balaban J connectivity index is 1.02. The summed E-state index contributed by atoms with van der Waals surface area (Å²) in [5, 5.41) is 2.10. The molecule has 0 fully saturated rings. The second-order valence-corrected chi connectivity index (χ2v) is 14.6. The van der Waals surface area contributed by atoms with Crippen LogP contribution in [0.5, 0.6) is 0 Å². The van der Waals surface area contributed by atoms with Crippen LogP contribution in [0.15, 0.2) is 203 Å². The molecule has 10 aromatic rings. The van der Waals surface area contributed by atoms with Gasteiger partial charge in [-0.2, -0.15) is 0 Å². The topological polar surface area (TPSA) is 65.0 Å². The minimum absolute atomic E-state index is 0.339. The minimum atomic E-state index is -0.339. The number of benzene rings is 6. The number of hydrogen-bond donors (Lipinski definition) is 0. The maximum Gasteiger partial charge on any atom is 0.442 e. The van der Waals surface area contributed by atoms with E-state index in [9.17, 15) is 0 Å². The van der Waals surface area contributed by atoms with Crippen LogP contribution in [0.1, 0.15) is 0 Å². The predicted molar refractivity (Wildman–Crippen MR) is 237 cm³/mol. The number of rotatable bonds is 6. The Morgan fingerprint density at radius 1 is 0.328 bits per heavy atom. The molecule has 2 aliphatic heterocycles. The maximum atomic E-state index is 6.71. The van der Waals surface area contributed by atoms with Crippen LogP contribution >= 0.6 is 0 Å². The highest BCUT2D eigenvalue weighted by Gasteiger charge is 2.50. The summed E-state index contributed by atoms with van der Waals surface area (Å²) in [4.78, 5) is 20.0. The third-order valence-electron chi connectivity index (χ3n) is 11.3. The van der Waals surface area contributed by atoms with Gasteiger partial charge in [-0.1, -0.05) is 97.1 Å². The molecular formula is C48H32B2N6O2. The molecule has 10 heteroatoms. The number of para-hydroxylation sites is 6. The summed E-state index contributed by atoms with van der Waals surface area (Å²) in [5.41, 5.74) is 11.1. The molecule has 0 spiro atoms. The van der Waals surface area contributed by atoms with E-state index < -0.39 is 0 Å². The number of anilines is 8. The molecule has 0 N–H and O–H groups in total. The van der Waals surface area contributed by atoms with E-state index in [-0.39, 0.29) is 14.0 Å². The summed E-state index contributed by atoms with van der Waals surface area (Å²) in [6.07, 6.45) is 0. The summed E-state index contributed by atoms with van der Waals surface area (Å²) in [5.74, 6) is 1.56. The van der Waals surface area contributed by atoms with Crippen LogP contribution in [0, 0.1) is 0 Å². The predicted octanol–water partition coefficient (Wildman–Crippen LogP) is 10.5. The Bertz CT molecular complexity index is 2910. The van der Waals surface area contributed by atoms with Gasteiger partial charge in [0.2, 0.25) is 11.8 Å². The van der Waals surface area contributed by atoms with Gasteiger partial charge in [-0.25, -0.2) is 0 Å². The molecule has 12 rings (SSSR count). The third kappa shape index (κ3) is 4.91.